The molecule has 1 unspecified atom stereocenters. The van der Waals surface area contributed by atoms with Crippen molar-refractivity contribution >= 4 is 38.4 Å². The van der Waals surface area contributed by atoms with Crippen molar-refractivity contribution in [3.63, 3.8) is 0 Å². The van der Waals surface area contributed by atoms with Crippen LogP contribution in [-0.2, 0) is 26.1 Å². The Bertz CT molecular complexity index is 1330. The molecule has 1 amide bonds. The molecule has 2 aromatic carbocycles. The fourth-order valence-corrected chi connectivity index (χ4v) is 3.51. The number of benzene rings is 2. The minimum absolute atomic E-state index is 0.0641. The van der Waals surface area contributed by atoms with E-state index in [0.717, 1.165) is 0 Å². The lowest BCUT2D eigenvalue weighted by Crippen LogP contribution is -2.32. The number of nitrogens with one attached hydrogen (secondary N) is 1. The third-order valence-electron chi connectivity index (χ3n) is 4.60. The molecule has 11 heteroatoms. The number of fused-ring (bicyclic) bond motifs is 1. The van der Waals surface area contributed by atoms with Gasteiger partial charge in [0, 0.05) is 17.6 Å². The maximum Gasteiger partial charge on any atom is 0.360 e. The quantitative estimate of drug-likeness (QED) is 0.511. The van der Waals surface area contributed by atoms with Gasteiger partial charge < -0.3 is 10.1 Å². The summed E-state index contributed by atoms with van der Waals surface area (Å²) in [5.74, 6) is -1.48. The lowest BCUT2D eigenvalue weighted by atomic mass is 10.1. The minimum atomic E-state index is -3.85. The van der Waals surface area contributed by atoms with E-state index in [1.807, 2.05) is 6.92 Å². The molecule has 32 heavy (non-hydrogen) atoms. The molecule has 0 aliphatic rings. The van der Waals surface area contributed by atoms with Crippen LogP contribution in [0, 0.1) is 0 Å². The van der Waals surface area contributed by atoms with E-state index < -0.39 is 28.0 Å². The smallest absolute Gasteiger partial charge is 0.360 e. The molecule has 1 heterocycles. The molecule has 168 valence electrons. The van der Waals surface area contributed by atoms with Gasteiger partial charge in [0.2, 0.25) is 10.0 Å². The second-order valence-electron chi connectivity index (χ2n) is 7.03. The number of aryl methyl sites for hydroxylation is 1. The predicted octanol–water partition coefficient (Wildman–Crippen LogP) is 1.64. The molecule has 0 saturated carbocycles. The highest BCUT2D eigenvalue weighted by molar-refractivity contribution is 7.89. The fraction of sp³-hybridized carbons (Fsp3) is 0.238. The normalized spacial score (nSPS) is 12.3. The zero-order chi connectivity index (χ0) is 23.5. The largest absolute Gasteiger partial charge is 0.448 e. The lowest BCUT2D eigenvalue weighted by molar-refractivity contribution is -0.123. The molecule has 0 fully saturated rings. The highest BCUT2D eigenvalue weighted by Gasteiger charge is 2.23. The maximum atomic E-state index is 12.8. The summed E-state index contributed by atoms with van der Waals surface area (Å²) >= 11 is 0. The van der Waals surface area contributed by atoms with Gasteiger partial charge >= 0.3 is 5.97 Å². The number of sulfonamides is 1. The number of esters is 1. The molecule has 0 bridgehead atoms. The molecule has 0 aliphatic carbocycles. The van der Waals surface area contributed by atoms with Crippen LogP contribution in [-0.4, -0.2) is 36.2 Å². The van der Waals surface area contributed by atoms with E-state index in [9.17, 15) is 22.8 Å². The highest BCUT2D eigenvalue weighted by Crippen LogP contribution is 2.16. The SMILES string of the molecule is CCCn1nc(C(=O)OC(C)C(=O)Nc2ccc(S(N)(=O)=O)cc2)c2ccccc2c1=O. The number of nitrogens with zero attached hydrogens (tertiary/aromatic N) is 2. The zero-order valence-electron chi connectivity index (χ0n) is 17.4. The number of anilines is 1. The number of carbonyl (C=O) groups excluding carboxylic acids is 2. The Morgan fingerprint density at radius 2 is 1.75 bits per heavy atom. The van der Waals surface area contributed by atoms with Crippen LogP contribution >= 0.6 is 0 Å². The third kappa shape index (κ3) is 5.01. The van der Waals surface area contributed by atoms with Gasteiger partial charge in [-0.3, -0.25) is 9.59 Å². The Kier molecular flexibility index (Phi) is 6.70. The Balaban J connectivity index is 1.79. The number of hydrogen-bond donors (Lipinski definition) is 2. The number of primary sulfonamides is 1. The molecule has 3 N–H and O–H groups in total. The summed E-state index contributed by atoms with van der Waals surface area (Å²) in [5, 5.41) is 12.4. The van der Waals surface area contributed by atoms with Crippen LogP contribution in [0.15, 0.2) is 58.2 Å². The molecule has 0 aliphatic heterocycles. The van der Waals surface area contributed by atoms with Gasteiger partial charge in [-0.05, 0) is 43.7 Å². The number of ether oxygens (including phenoxy) is 1. The van der Waals surface area contributed by atoms with Crippen LogP contribution in [0.25, 0.3) is 10.8 Å². The molecular formula is C21H22N4O6S. The molecule has 1 aromatic heterocycles. The summed E-state index contributed by atoms with van der Waals surface area (Å²) in [6, 6.07) is 11.8. The van der Waals surface area contributed by atoms with Crippen molar-refractivity contribution < 1.29 is 22.7 Å². The molecule has 0 radical (unpaired) electrons. The van der Waals surface area contributed by atoms with Crippen LogP contribution in [0.5, 0.6) is 0 Å². The summed E-state index contributed by atoms with van der Waals surface area (Å²) in [5.41, 5.74) is -0.0797. The van der Waals surface area contributed by atoms with E-state index in [4.69, 9.17) is 9.88 Å². The Hall–Kier alpha value is -3.57. The van der Waals surface area contributed by atoms with Crippen LogP contribution < -0.4 is 16.0 Å². The van der Waals surface area contributed by atoms with Crippen LogP contribution in [0.3, 0.4) is 0 Å². The summed E-state index contributed by atoms with van der Waals surface area (Å²) in [7, 11) is -3.85. The van der Waals surface area contributed by atoms with Crippen molar-refractivity contribution in [3.05, 3.63) is 64.6 Å². The summed E-state index contributed by atoms with van der Waals surface area (Å²) in [6.07, 6.45) is -0.546. The monoisotopic (exact) mass is 458 g/mol. The summed E-state index contributed by atoms with van der Waals surface area (Å²) in [4.78, 5) is 37.7. The number of carbonyl (C=O) groups is 2. The number of aromatic nitrogens is 2. The molecule has 3 aromatic rings. The summed E-state index contributed by atoms with van der Waals surface area (Å²) < 4.78 is 29.1. The molecule has 10 nitrogen and oxygen atoms in total. The van der Waals surface area contributed by atoms with Gasteiger partial charge in [0.15, 0.2) is 11.8 Å². The highest BCUT2D eigenvalue weighted by atomic mass is 32.2. The van der Waals surface area contributed by atoms with Gasteiger partial charge in [-0.15, -0.1) is 0 Å². The van der Waals surface area contributed by atoms with Crippen molar-refractivity contribution in [3.8, 4) is 0 Å². The van der Waals surface area contributed by atoms with Crippen LogP contribution in [0.4, 0.5) is 5.69 Å². The van der Waals surface area contributed by atoms with Crippen LogP contribution in [0.1, 0.15) is 30.8 Å². The average Bonchev–Trinajstić information content (AvgIpc) is 2.75. The first-order valence-corrected chi connectivity index (χ1v) is 11.3. The second-order valence-corrected chi connectivity index (χ2v) is 8.59. The van der Waals surface area contributed by atoms with Gasteiger partial charge in [0.25, 0.3) is 11.5 Å². The van der Waals surface area contributed by atoms with E-state index in [1.165, 1.54) is 35.9 Å². The Morgan fingerprint density at radius 3 is 2.34 bits per heavy atom. The third-order valence-corrected chi connectivity index (χ3v) is 5.53. The average molecular weight is 458 g/mol. The topological polar surface area (TPSA) is 150 Å². The number of nitrogens with two attached hydrogens (primary N) is 1. The number of hydrogen-bond acceptors (Lipinski definition) is 7. The molecule has 0 saturated heterocycles. The number of rotatable bonds is 7. The van der Waals surface area contributed by atoms with Crippen molar-refractivity contribution in [2.45, 2.75) is 37.8 Å². The Morgan fingerprint density at radius 1 is 1.12 bits per heavy atom. The second kappa shape index (κ2) is 9.28. The molecule has 0 spiro atoms. The first-order valence-electron chi connectivity index (χ1n) is 9.76. The first-order chi connectivity index (χ1) is 15.1. The van der Waals surface area contributed by atoms with Gasteiger partial charge in [-0.25, -0.2) is 23.0 Å². The van der Waals surface area contributed by atoms with Crippen molar-refractivity contribution in [1.29, 1.82) is 0 Å². The minimum Gasteiger partial charge on any atom is -0.448 e. The van der Waals surface area contributed by atoms with Crippen molar-refractivity contribution in [1.82, 2.24) is 9.78 Å². The van der Waals surface area contributed by atoms with Crippen molar-refractivity contribution in [2.24, 2.45) is 5.14 Å². The summed E-state index contributed by atoms with van der Waals surface area (Å²) in [6.45, 7) is 3.59. The predicted molar refractivity (Wildman–Crippen MR) is 118 cm³/mol. The standard InChI is InChI=1S/C21H22N4O6S/c1-3-12-25-20(27)17-7-5-4-6-16(17)18(24-25)21(28)31-13(2)19(26)23-14-8-10-15(11-9-14)32(22,29)30/h4-11,13H,3,12H2,1-2H3,(H,23,26)(H2,22,29,30). The molecule has 1 atom stereocenters. The van der Waals surface area contributed by atoms with Gasteiger partial charge in [-0.2, -0.15) is 5.10 Å². The number of amides is 1. The van der Waals surface area contributed by atoms with Gasteiger partial charge in [-0.1, -0.05) is 25.1 Å². The van der Waals surface area contributed by atoms with E-state index in [2.05, 4.69) is 10.4 Å². The maximum absolute atomic E-state index is 12.8. The van der Waals surface area contributed by atoms with Crippen molar-refractivity contribution in [2.75, 3.05) is 5.32 Å². The fourth-order valence-electron chi connectivity index (χ4n) is 2.99. The zero-order valence-corrected chi connectivity index (χ0v) is 18.3. The van der Waals surface area contributed by atoms with E-state index in [0.29, 0.717) is 29.4 Å². The van der Waals surface area contributed by atoms with Crippen LogP contribution in [0.2, 0.25) is 0 Å². The molecular weight excluding hydrogens is 436 g/mol. The van der Waals surface area contributed by atoms with E-state index in [-0.39, 0.29) is 16.1 Å². The lowest BCUT2D eigenvalue weighted by Gasteiger charge is -2.15. The molecule has 3 rings (SSSR count). The van der Waals surface area contributed by atoms with Gasteiger partial charge in [0.1, 0.15) is 0 Å². The van der Waals surface area contributed by atoms with Gasteiger partial charge in [0.05, 0.1) is 10.3 Å². The van der Waals surface area contributed by atoms with E-state index in [1.54, 1.807) is 24.3 Å². The first kappa shape index (κ1) is 23.1. The van der Waals surface area contributed by atoms with E-state index >= 15 is 0 Å². The Labute approximate surface area is 184 Å².